The summed E-state index contributed by atoms with van der Waals surface area (Å²) in [6, 6.07) is 30.9. The van der Waals surface area contributed by atoms with E-state index in [0.717, 1.165) is 34.1 Å². The third-order valence-electron chi connectivity index (χ3n) is 6.50. The number of nitrogens with zero attached hydrogens (tertiary/aromatic N) is 1. The normalized spacial score (nSPS) is 12.8. The number of aliphatic hydroxyl groups excluding tert-OH is 1. The van der Waals surface area contributed by atoms with Crippen molar-refractivity contribution in [1.29, 1.82) is 0 Å². The topological polar surface area (TPSA) is 72.8 Å². The van der Waals surface area contributed by atoms with E-state index in [4.69, 9.17) is 5.11 Å². The Labute approximate surface area is 235 Å². The molecule has 6 heteroatoms. The Morgan fingerprint density at radius 3 is 2.51 bits per heavy atom. The van der Waals surface area contributed by atoms with Crippen molar-refractivity contribution in [1.82, 2.24) is 9.62 Å². The maximum absolute atomic E-state index is 10.9. The minimum atomic E-state index is -0.969. The van der Waals surface area contributed by atoms with Crippen LogP contribution in [0.5, 0.6) is 0 Å². The lowest BCUT2D eigenvalue weighted by molar-refractivity contribution is -0.131. The van der Waals surface area contributed by atoms with Crippen LogP contribution in [0.15, 0.2) is 102 Å². The van der Waals surface area contributed by atoms with Gasteiger partial charge in [-0.25, -0.2) is 9.10 Å². The van der Waals surface area contributed by atoms with Crippen molar-refractivity contribution in [3.05, 3.63) is 108 Å². The van der Waals surface area contributed by atoms with Gasteiger partial charge in [-0.2, -0.15) is 0 Å². The number of nitrogens with one attached hydrogen (secondary N) is 1. The number of hydrogen-bond donors (Lipinski definition) is 3. The Balaban J connectivity index is 1.34. The van der Waals surface area contributed by atoms with Crippen LogP contribution >= 0.6 is 11.9 Å². The number of benzene rings is 4. The van der Waals surface area contributed by atoms with E-state index in [1.807, 2.05) is 43.4 Å². The van der Waals surface area contributed by atoms with Crippen molar-refractivity contribution in [2.45, 2.75) is 36.8 Å². The predicted molar refractivity (Wildman–Crippen MR) is 163 cm³/mol. The second-order valence-corrected chi connectivity index (χ2v) is 11.7. The van der Waals surface area contributed by atoms with Gasteiger partial charge >= 0.3 is 5.97 Å². The van der Waals surface area contributed by atoms with Crippen LogP contribution in [-0.2, 0) is 11.2 Å². The predicted octanol–water partition coefficient (Wildman–Crippen LogP) is 6.52. The van der Waals surface area contributed by atoms with Gasteiger partial charge in [0, 0.05) is 29.6 Å². The van der Waals surface area contributed by atoms with Gasteiger partial charge in [-0.15, -0.1) is 0 Å². The molecule has 0 saturated heterocycles. The molecule has 0 aliphatic carbocycles. The molecule has 0 spiro atoms. The lowest BCUT2D eigenvalue weighted by Crippen LogP contribution is -2.46. The van der Waals surface area contributed by atoms with Crippen LogP contribution < -0.4 is 5.32 Å². The number of carboxylic acid groups (broad SMARTS) is 1. The first-order valence-corrected chi connectivity index (χ1v) is 13.9. The number of carbonyl (C=O) groups is 1. The smallest absolute Gasteiger partial charge is 0.328 e. The summed E-state index contributed by atoms with van der Waals surface area (Å²) in [6.07, 6.45) is 3.07. The van der Waals surface area contributed by atoms with Gasteiger partial charge in [0.2, 0.25) is 0 Å². The first kappa shape index (κ1) is 28.6. The Morgan fingerprint density at radius 2 is 1.72 bits per heavy atom. The summed E-state index contributed by atoms with van der Waals surface area (Å²) in [6.45, 7) is 5.33. The molecule has 0 fully saturated rings. The van der Waals surface area contributed by atoms with Crippen molar-refractivity contribution >= 4 is 34.8 Å². The van der Waals surface area contributed by atoms with E-state index < -0.39 is 12.1 Å². The molecule has 3 N–H and O–H groups in total. The molecule has 0 bridgehead atoms. The molecular weight excluding hydrogens is 504 g/mol. The molecule has 1 atom stereocenters. The van der Waals surface area contributed by atoms with Crippen molar-refractivity contribution in [2.24, 2.45) is 0 Å². The maximum Gasteiger partial charge on any atom is 0.328 e. The Kier molecular flexibility index (Phi) is 9.59. The second-order valence-electron chi connectivity index (χ2n) is 10.5. The summed E-state index contributed by atoms with van der Waals surface area (Å²) in [4.78, 5) is 12.0. The number of fused-ring (bicyclic) bond motifs is 1. The van der Waals surface area contributed by atoms with Gasteiger partial charge in [0.05, 0.1) is 6.10 Å². The molecule has 0 amide bonds. The van der Waals surface area contributed by atoms with E-state index in [1.54, 1.807) is 18.0 Å². The maximum atomic E-state index is 10.9. The summed E-state index contributed by atoms with van der Waals surface area (Å²) in [5.41, 5.74) is 4.01. The molecule has 0 unspecified atom stereocenters. The number of β-amino-alcohol motifs (C(OH)–C–C–N with tert-alkyl or cyclic N) is 1. The fraction of sp³-hybridized carbons (Fsp3) is 0.242. The van der Waals surface area contributed by atoms with Crippen molar-refractivity contribution in [3.63, 3.8) is 0 Å². The Morgan fingerprint density at radius 1 is 0.974 bits per heavy atom. The van der Waals surface area contributed by atoms with Crippen LogP contribution in [0.25, 0.3) is 28.0 Å². The lowest BCUT2D eigenvalue weighted by Gasteiger charge is -2.29. The number of rotatable bonds is 12. The quantitative estimate of drug-likeness (QED) is 0.140. The molecule has 39 heavy (non-hydrogen) atoms. The highest BCUT2D eigenvalue weighted by Crippen LogP contribution is 2.33. The van der Waals surface area contributed by atoms with Crippen molar-refractivity contribution in [3.8, 4) is 11.1 Å². The first-order valence-electron chi connectivity index (χ1n) is 13.1. The van der Waals surface area contributed by atoms with Crippen LogP contribution in [0.2, 0.25) is 0 Å². The zero-order chi connectivity index (χ0) is 27.8. The van der Waals surface area contributed by atoms with E-state index in [9.17, 15) is 9.90 Å². The molecule has 4 rings (SSSR count). The fourth-order valence-corrected chi connectivity index (χ4v) is 5.65. The Bertz CT molecular complexity index is 1450. The van der Waals surface area contributed by atoms with Gasteiger partial charge < -0.3 is 15.5 Å². The van der Waals surface area contributed by atoms with Gasteiger partial charge in [-0.3, -0.25) is 0 Å². The molecule has 0 aliphatic heterocycles. The summed E-state index contributed by atoms with van der Waals surface area (Å²) in [5, 5.41) is 25.8. The van der Waals surface area contributed by atoms with E-state index in [2.05, 4.69) is 78.1 Å². The van der Waals surface area contributed by atoms with Crippen molar-refractivity contribution in [2.75, 3.05) is 20.1 Å². The minimum absolute atomic E-state index is 0.165. The largest absolute Gasteiger partial charge is 0.478 e. The summed E-state index contributed by atoms with van der Waals surface area (Å²) in [7, 11) is 1.98. The highest BCUT2D eigenvalue weighted by Gasteiger charge is 2.20. The monoisotopic (exact) mass is 540 g/mol. The lowest BCUT2D eigenvalue weighted by atomic mass is 9.93. The number of aliphatic hydroxyl groups is 1. The molecule has 4 aromatic rings. The zero-order valence-electron chi connectivity index (χ0n) is 22.7. The average molecular weight is 541 g/mol. The standard InChI is InChI=1S/C33H36N2O3S/c1-33(2,21-25-15-17-26-10-4-5-11-27(26)20-25)34-22-29(36)23-35(3)39-31-14-7-6-13-30(31)28-12-8-9-24(19-28)16-18-32(37)38/h4-20,29,34,36H,21-23H2,1-3H3,(H,37,38)/b18-16+/t29-/m1/s1. The summed E-state index contributed by atoms with van der Waals surface area (Å²) in [5.74, 6) is -0.969. The van der Waals surface area contributed by atoms with Crippen LogP contribution in [0.3, 0.4) is 0 Å². The summed E-state index contributed by atoms with van der Waals surface area (Å²) >= 11 is 1.59. The molecule has 0 aromatic heterocycles. The van der Waals surface area contributed by atoms with Crippen LogP contribution in [0.4, 0.5) is 0 Å². The molecule has 5 nitrogen and oxygen atoms in total. The number of hydrogen-bond acceptors (Lipinski definition) is 5. The SMILES string of the molecule is CN(C[C@H](O)CNC(C)(C)Cc1ccc2ccccc2c1)Sc1ccccc1-c1cccc(/C=C/C(=O)O)c1. The molecule has 0 saturated carbocycles. The molecule has 4 aromatic carbocycles. The third kappa shape index (κ3) is 8.53. The average Bonchev–Trinajstić information content (AvgIpc) is 2.91. The molecule has 0 heterocycles. The van der Waals surface area contributed by atoms with Crippen LogP contribution in [0, 0.1) is 0 Å². The highest BCUT2D eigenvalue weighted by molar-refractivity contribution is 7.97. The highest BCUT2D eigenvalue weighted by atomic mass is 32.2. The fourth-order valence-electron chi connectivity index (χ4n) is 4.64. The number of likely N-dealkylation sites (N-methyl/N-ethyl adjacent to an activating group) is 1. The molecule has 0 aliphatic rings. The number of aliphatic carboxylic acids is 1. The molecule has 0 radical (unpaired) electrons. The van der Waals surface area contributed by atoms with Gasteiger partial charge in [0.1, 0.15) is 0 Å². The van der Waals surface area contributed by atoms with E-state index in [-0.39, 0.29) is 5.54 Å². The number of carboxylic acids is 1. The van der Waals surface area contributed by atoms with E-state index in [0.29, 0.717) is 13.1 Å². The molecular formula is C33H36N2O3S. The van der Waals surface area contributed by atoms with Gasteiger partial charge in [0.15, 0.2) is 0 Å². The first-order chi connectivity index (χ1) is 18.7. The summed E-state index contributed by atoms with van der Waals surface area (Å²) < 4.78 is 2.05. The van der Waals surface area contributed by atoms with E-state index >= 15 is 0 Å². The van der Waals surface area contributed by atoms with Crippen LogP contribution in [0.1, 0.15) is 25.0 Å². The van der Waals surface area contributed by atoms with Gasteiger partial charge in [-0.1, -0.05) is 78.9 Å². The third-order valence-corrected chi connectivity index (χ3v) is 7.51. The van der Waals surface area contributed by atoms with E-state index in [1.165, 1.54) is 16.3 Å². The van der Waals surface area contributed by atoms with Gasteiger partial charge in [-0.05, 0) is 90.5 Å². The van der Waals surface area contributed by atoms with Crippen molar-refractivity contribution < 1.29 is 15.0 Å². The Hall–Kier alpha value is -3.42. The minimum Gasteiger partial charge on any atom is -0.478 e. The molecule has 202 valence electrons. The van der Waals surface area contributed by atoms with Crippen LogP contribution in [-0.4, -0.2) is 52.3 Å². The zero-order valence-corrected chi connectivity index (χ0v) is 23.5. The second kappa shape index (κ2) is 13.1. The van der Waals surface area contributed by atoms with Gasteiger partial charge in [0.25, 0.3) is 0 Å².